The highest BCUT2D eigenvalue weighted by Crippen LogP contribution is 2.47. The SMILES string of the molecule is COc1ccc(-n2c3c(c(-c4c(O)c5ccccc5oc4=O)c2-c2ccccc2)C(=O)c2ccccc2C3=O)cc1. The fourth-order valence-electron chi connectivity index (χ4n) is 5.61. The zero-order valence-corrected chi connectivity index (χ0v) is 21.8. The van der Waals surface area contributed by atoms with Crippen molar-refractivity contribution in [2.75, 3.05) is 7.11 Å². The standard InChI is InChI=1S/C34H21NO6/c1-40-21-17-15-20(16-18-21)35-29(19-9-3-2-4-10-19)26(28-32(37)24-13-7-8-14-25(24)41-34(28)39)27-30(35)33(38)23-12-6-5-11-22(23)31(27)36/h2-18,37H,1H3. The second-order valence-corrected chi connectivity index (χ2v) is 9.66. The second-order valence-electron chi connectivity index (χ2n) is 9.66. The maximum atomic E-state index is 14.3. The Balaban J connectivity index is 1.70. The van der Waals surface area contributed by atoms with Crippen molar-refractivity contribution < 1.29 is 23.8 Å². The summed E-state index contributed by atoms with van der Waals surface area (Å²) in [5.74, 6) is -0.527. The highest BCUT2D eigenvalue weighted by atomic mass is 16.5. The van der Waals surface area contributed by atoms with Crippen LogP contribution in [0.15, 0.2) is 112 Å². The molecule has 0 bridgehead atoms. The monoisotopic (exact) mass is 539 g/mol. The molecule has 7 rings (SSSR count). The lowest BCUT2D eigenvalue weighted by atomic mass is 9.84. The van der Waals surface area contributed by atoms with Crippen LogP contribution in [0.3, 0.4) is 0 Å². The van der Waals surface area contributed by atoms with Gasteiger partial charge in [0, 0.05) is 22.4 Å². The molecule has 0 saturated heterocycles. The van der Waals surface area contributed by atoms with Crippen LogP contribution in [0.5, 0.6) is 11.5 Å². The summed E-state index contributed by atoms with van der Waals surface area (Å²) in [5, 5.41) is 11.9. The third-order valence-electron chi connectivity index (χ3n) is 7.44. The van der Waals surface area contributed by atoms with Gasteiger partial charge in [0.2, 0.25) is 5.78 Å². The molecule has 1 aliphatic rings. The molecule has 2 heterocycles. The van der Waals surface area contributed by atoms with Crippen LogP contribution >= 0.6 is 0 Å². The zero-order valence-electron chi connectivity index (χ0n) is 21.8. The molecule has 0 aliphatic heterocycles. The van der Waals surface area contributed by atoms with E-state index in [1.165, 1.54) is 0 Å². The van der Waals surface area contributed by atoms with Crippen LogP contribution in [0.1, 0.15) is 32.0 Å². The number of carbonyl (C=O) groups excluding carboxylic acids is 2. The van der Waals surface area contributed by atoms with Crippen LogP contribution in [0.4, 0.5) is 0 Å². The first-order valence-corrected chi connectivity index (χ1v) is 12.9. The number of aromatic hydroxyl groups is 1. The van der Waals surface area contributed by atoms with Crippen LogP contribution < -0.4 is 10.4 Å². The third-order valence-corrected chi connectivity index (χ3v) is 7.44. The van der Waals surface area contributed by atoms with Crippen LogP contribution in [0.2, 0.25) is 0 Å². The molecule has 41 heavy (non-hydrogen) atoms. The number of hydrogen-bond donors (Lipinski definition) is 1. The first-order valence-electron chi connectivity index (χ1n) is 12.9. The van der Waals surface area contributed by atoms with Gasteiger partial charge in [0.15, 0.2) is 5.78 Å². The molecule has 6 aromatic rings. The van der Waals surface area contributed by atoms with Crippen molar-refractivity contribution in [3.63, 3.8) is 0 Å². The Kier molecular flexibility index (Phi) is 5.47. The quantitative estimate of drug-likeness (QED) is 0.260. The summed E-state index contributed by atoms with van der Waals surface area (Å²) in [6.45, 7) is 0. The summed E-state index contributed by atoms with van der Waals surface area (Å²) < 4.78 is 12.7. The van der Waals surface area contributed by atoms with Gasteiger partial charge in [-0.05, 0) is 42.0 Å². The number of ether oxygens (including phenoxy) is 1. The number of aromatic nitrogens is 1. The number of fused-ring (bicyclic) bond motifs is 3. The Hall–Kier alpha value is -5.69. The lowest BCUT2D eigenvalue weighted by Crippen LogP contribution is -2.23. The average molecular weight is 540 g/mol. The number of rotatable bonds is 4. The van der Waals surface area contributed by atoms with Gasteiger partial charge in [0.05, 0.1) is 23.8 Å². The fraction of sp³-hybridized carbons (Fsp3) is 0.0294. The van der Waals surface area contributed by atoms with Crippen molar-refractivity contribution in [3.8, 4) is 39.6 Å². The number of ketones is 2. The van der Waals surface area contributed by atoms with Crippen LogP contribution in [-0.4, -0.2) is 28.3 Å². The molecule has 198 valence electrons. The molecule has 0 radical (unpaired) electrons. The third kappa shape index (κ3) is 3.56. The van der Waals surface area contributed by atoms with Gasteiger partial charge in [-0.15, -0.1) is 0 Å². The molecule has 1 N–H and O–H groups in total. The van der Waals surface area contributed by atoms with E-state index in [2.05, 4.69) is 0 Å². The molecule has 0 amide bonds. The Labute approximate surface area is 233 Å². The van der Waals surface area contributed by atoms with E-state index in [9.17, 15) is 19.5 Å². The molecule has 4 aromatic carbocycles. The molecule has 7 heteroatoms. The number of methoxy groups -OCH3 is 1. The number of para-hydroxylation sites is 1. The molecule has 0 atom stereocenters. The topological polar surface area (TPSA) is 98.7 Å². The first-order chi connectivity index (χ1) is 20.0. The van der Waals surface area contributed by atoms with E-state index >= 15 is 0 Å². The Morgan fingerprint density at radius 1 is 0.659 bits per heavy atom. The normalized spacial score (nSPS) is 12.3. The van der Waals surface area contributed by atoms with Gasteiger partial charge >= 0.3 is 5.63 Å². The minimum absolute atomic E-state index is 0.0289. The Morgan fingerprint density at radius 2 is 1.29 bits per heavy atom. The van der Waals surface area contributed by atoms with E-state index in [-0.39, 0.29) is 50.6 Å². The van der Waals surface area contributed by atoms with E-state index in [1.54, 1.807) is 84.5 Å². The minimum Gasteiger partial charge on any atom is -0.506 e. The molecule has 0 unspecified atom stereocenters. The lowest BCUT2D eigenvalue weighted by molar-refractivity contribution is 0.0975. The molecule has 7 nitrogen and oxygen atoms in total. The summed E-state index contributed by atoms with van der Waals surface area (Å²) in [6, 6.07) is 29.4. The number of nitrogens with zero attached hydrogens (tertiary/aromatic N) is 1. The molecule has 2 aromatic heterocycles. The summed E-state index contributed by atoms with van der Waals surface area (Å²) in [5.41, 5.74) is 1.53. The highest BCUT2D eigenvalue weighted by Gasteiger charge is 2.40. The number of benzene rings is 4. The van der Waals surface area contributed by atoms with E-state index in [1.807, 2.05) is 30.3 Å². The largest absolute Gasteiger partial charge is 0.506 e. The van der Waals surface area contributed by atoms with Crippen molar-refractivity contribution in [2.45, 2.75) is 0 Å². The van der Waals surface area contributed by atoms with E-state index in [0.717, 1.165) is 0 Å². The van der Waals surface area contributed by atoms with E-state index in [0.29, 0.717) is 28.1 Å². The minimum atomic E-state index is -0.827. The fourth-order valence-corrected chi connectivity index (χ4v) is 5.61. The molecular formula is C34H21NO6. The molecule has 1 aliphatic carbocycles. The number of carbonyl (C=O) groups is 2. The van der Waals surface area contributed by atoms with Gasteiger partial charge in [-0.1, -0.05) is 66.7 Å². The first kappa shape index (κ1) is 24.4. The zero-order chi connectivity index (χ0) is 28.2. The van der Waals surface area contributed by atoms with Crippen molar-refractivity contribution >= 4 is 22.5 Å². The molecular weight excluding hydrogens is 518 g/mol. The number of hydrogen-bond acceptors (Lipinski definition) is 6. The van der Waals surface area contributed by atoms with Crippen molar-refractivity contribution in [1.82, 2.24) is 4.57 Å². The van der Waals surface area contributed by atoms with Gasteiger partial charge in [0.1, 0.15) is 28.3 Å². The molecule has 0 saturated carbocycles. The van der Waals surface area contributed by atoms with E-state index < -0.39 is 11.4 Å². The Morgan fingerprint density at radius 3 is 2.00 bits per heavy atom. The van der Waals surface area contributed by atoms with Gasteiger partial charge in [-0.2, -0.15) is 0 Å². The summed E-state index contributed by atoms with van der Waals surface area (Å²) in [6.07, 6.45) is 0. The summed E-state index contributed by atoms with van der Waals surface area (Å²) in [4.78, 5) is 42.1. The maximum Gasteiger partial charge on any atom is 0.348 e. The molecule has 0 spiro atoms. The van der Waals surface area contributed by atoms with Gasteiger partial charge in [0.25, 0.3) is 0 Å². The Bertz CT molecular complexity index is 2090. The van der Waals surface area contributed by atoms with Crippen LogP contribution in [0, 0.1) is 0 Å². The van der Waals surface area contributed by atoms with Gasteiger partial charge in [-0.3, -0.25) is 9.59 Å². The maximum absolute atomic E-state index is 14.3. The van der Waals surface area contributed by atoms with E-state index in [4.69, 9.17) is 9.15 Å². The van der Waals surface area contributed by atoms with Gasteiger partial charge in [-0.25, -0.2) is 4.79 Å². The summed E-state index contributed by atoms with van der Waals surface area (Å²) in [7, 11) is 1.56. The lowest BCUT2D eigenvalue weighted by Gasteiger charge is -2.18. The van der Waals surface area contributed by atoms with Crippen LogP contribution in [0.25, 0.3) is 39.0 Å². The van der Waals surface area contributed by atoms with Crippen molar-refractivity contribution in [1.29, 1.82) is 0 Å². The molecule has 0 fully saturated rings. The van der Waals surface area contributed by atoms with Gasteiger partial charge < -0.3 is 18.8 Å². The predicted octanol–water partition coefficient (Wildman–Crippen LogP) is 6.41. The highest BCUT2D eigenvalue weighted by molar-refractivity contribution is 6.31. The van der Waals surface area contributed by atoms with Crippen molar-refractivity contribution in [2.24, 2.45) is 0 Å². The average Bonchev–Trinajstić information content (AvgIpc) is 3.36. The smallest absolute Gasteiger partial charge is 0.348 e. The second kappa shape index (κ2) is 9.20. The van der Waals surface area contributed by atoms with Crippen molar-refractivity contribution in [3.05, 3.63) is 136 Å². The van der Waals surface area contributed by atoms with Crippen LogP contribution in [-0.2, 0) is 0 Å². The summed E-state index contributed by atoms with van der Waals surface area (Å²) >= 11 is 0. The predicted molar refractivity (Wildman–Crippen MR) is 154 cm³/mol.